The lowest BCUT2D eigenvalue weighted by Crippen LogP contribution is -2.10. The van der Waals surface area contributed by atoms with E-state index in [1.807, 2.05) is 0 Å². The number of benzene rings is 1. The molecule has 1 amide bonds. The summed E-state index contributed by atoms with van der Waals surface area (Å²) in [5.41, 5.74) is 0.598. The lowest BCUT2D eigenvalue weighted by molar-refractivity contribution is -0.116. The van der Waals surface area contributed by atoms with Crippen molar-refractivity contribution in [3.8, 4) is 5.75 Å². The fourth-order valence-corrected chi connectivity index (χ4v) is 3.71. The zero-order valence-electron chi connectivity index (χ0n) is 14.3. The second-order valence-corrected chi connectivity index (χ2v) is 7.52. The number of thioether (sulfide) groups is 1. The maximum absolute atomic E-state index is 12.2. The van der Waals surface area contributed by atoms with Gasteiger partial charge in [0.15, 0.2) is 10.1 Å². The van der Waals surface area contributed by atoms with Gasteiger partial charge in [-0.1, -0.05) is 55.0 Å². The van der Waals surface area contributed by atoms with Gasteiger partial charge in [0.2, 0.25) is 11.0 Å². The van der Waals surface area contributed by atoms with Gasteiger partial charge in [-0.05, 0) is 18.6 Å². The highest BCUT2D eigenvalue weighted by molar-refractivity contribution is 8.01. The molecule has 0 fully saturated rings. The van der Waals surface area contributed by atoms with Gasteiger partial charge < -0.3 is 10.1 Å². The van der Waals surface area contributed by atoms with Gasteiger partial charge in [-0.3, -0.25) is 9.59 Å². The Morgan fingerprint density at radius 2 is 2.12 bits per heavy atom. The highest BCUT2D eigenvalue weighted by atomic mass is 32.2. The third-order valence-electron chi connectivity index (χ3n) is 3.38. The van der Waals surface area contributed by atoms with Gasteiger partial charge in [0, 0.05) is 12.0 Å². The molecule has 0 saturated carbocycles. The second-order valence-electron chi connectivity index (χ2n) is 5.32. The number of ether oxygens (including phenoxy) is 1. The highest BCUT2D eigenvalue weighted by Gasteiger charge is 2.12. The minimum atomic E-state index is -0.0476. The van der Waals surface area contributed by atoms with E-state index in [0.29, 0.717) is 27.2 Å². The maximum Gasteiger partial charge on any atom is 0.226 e. The van der Waals surface area contributed by atoms with Crippen LogP contribution in [0.25, 0.3) is 0 Å². The predicted molar refractivity (Wildman–Crippen MR) is 101 cm³/mol. The first kappa shape index (κ1) is 19.4. The number of amides is 1. The van der Waals surface area contributed by atoms with Crippen molar-refractivity contribution in [2.24, 2.45) is 0 Å². The first-order valence-corrected chi connectivity index (χ1v) is 9.86. The molecule has 1 aromatic carbocycles. The summed E-state index contributed by atoms with van der Waals surface area (Å²) in [5.74, 6) is 0.851. The molecule has 0 radical (unpaired) electrons. The van der Waals surface area contributed by atoms with Crippen molar-refractivity contribution in [2.75, 3.05) is 18.2 Å². The third-order valence-corrected chi connectivity index (χ3v) is 5.35. The molecule has 25 heavy (non-hydrogen) atoms. The number of aromatic nitrogens is 2. The Labute approximate surface area is 155 Å². The van der Waals surface area contributed by atoms with Crippen LogP contribution >= 0.6 is 23.1 Å². The van der Waals surface area contributed by atoms with Crippen LogP contribution in [0.1, 0.15) is 43.0 Å². The molecule has 1 heterocycles. The van der Waals surface area contributed by atoms with Gasteiger partial charge in [0.05, 0.1) is 12.9 Å². The molecule has 8 heteroatoms. The third kappa shape index (κ3) is 6.47. The number of carbonyl (C=O) groups is 2. The van der Waals surface area contributed by atoms with Gasteiger partial charge in [0.25, 0.3) is 0 Å². The zero-order chi connectivity index (χ0) is 18.1. The molecule has 134 valence electrons. The summed E-state index contributed by atoms with van der Waals surface area (Å²) in [5, 5.41) is 11.2. The number of ketones is 1. The van der Waals surface area contributed by atoms with Gasteiger partial charge in [-0.2, -0.15) is 0 Å². The molecule has 2 aromatic rings. The lowest BCUT2D eigenvalue weighted by atomic mass is 10.1. The van der Waals surface area contributed by atoms with Crippen LogP contribution < -0.4 is 10.1 Å². The Bertz CT molecular complexity index is 719. The van der Waals surface area contributed by atoms with Crippen molar-refractivity contribution >= 4 is 39.9 Å². The monoisotopic (exact) mass is 379 g/mol. The standard InChI is InChI=1S/C17H21N3O3S2/c1-3-4-5-9-15(22)18-16-19-20-17(25-16)24-11-14(21)12-7-6-8-13(10-12)23-2/h6-8,10H,3-5,9,11H2,1-2H3,(H,18,19,22). The number of methoxy groups -OCH3 is 1. The lowest BCUT2D eigenvalue weighted by Gasteiger charge is -2.02. The average Bonchev–Trinajstić information content (AvgIpc) is 3.07. The van der Waals surface area contributed by atoms with Crippen molar-refractivity contribution in [1.29, 1.82) is 0 Å². The van der Waals surface area contributed by atoms with Crippen molar-refractivity contribution in [3.63, 3.8) is 0 Å². The number of nitrogens with zero attached hydrogens (tertiary/aromatic N) is 2. The Morgan fingerprint density at radius 3 is 2.88 bits per heavy atom. The quantitative estimate of drug-likeness (QED) is 0.290. The Balaban J connectivity index is 1.82. The number of hydrogen-bond donors (Lipinski definition) is 1. The number of unbranched alkanes of at least 4 members (excludes halogenated alkanes) is 2. The van der Waals surface area contributed by atoms with Gasteiger partial charge in [-0.15, -0.1) is 10.2 Å². The molecule has 2 rings (SSSR count). The molecular formula is C17H21N3O3S2. The van der Waals surface area contributed by atoms with E-state index in [1.54, 1.807) is 31.4 Å². The van der Waals surface area contributed by atoms with Crippen LogP contribution in [0.15, 0.2) is 28.6 Å². The summed E-state index contributed by atoms with van der Waals surface area (Å²) in [4.78, 5) is 24.0. The minimum absolute atomic E-state index is 0.00995. The first-order chi connectivity index (χ1) is 12.1. The maximum atomic E-state index is 12.2. The molecule has 6 nitrogen and oxygen atoms in total. The molecule has 1 aromatic heterocycles. The smallest absolute Gasteiger partial charge is 0.226 e. The minimum Gasteiger partial charge on any atom is -0.497 e. The summed E-state index contributed by atoms with van der Waals surface area (Å²) in [6.07, 6.45) is 3.48. The largest absolute Gasteiger partial charge is 0.497 e. The second kappa shape index (κ2) is 10.1. The summed E-state index contributed by atoms with van der Waals surface area (Å²) in [7, 11) is 1.57. The SMILES string of the molecule is CCCCCC(=O)Nc1nnc(SCC(=O)c2cccc(OC)c2)s1. The number of carbonyl (C=O) groups excluding carboxylic acids is 2. The molecule has 0 saturated heterocycles. The van der Waals surface area contributed by atoms with E-state index in [4.69, 9.17) is 4.74 Å². The molecule has 0 bridgehead atoms. The number of hydrogen-bond acceptors (Lipinski definition) is 7. The van der Waals surface area contributed by atoms with E-state index in [0.717, 1.165) is 19.3 Å². The van der Waals surface area contributed by atoms with Crippen LogP contribution in [-0.2, 0) is 4.79 Å². The van der Waals surface area contributed by atoms with Gasteiger partial charge in [0.1, 0.15) is 5.75 Å². The molecule has 0 spiro atoms. The van der Waals surface area contributed by atoms with E-state index in [-0.39, 0.29) is 17.4 Å². The highest BCUT2D eigenvalue weighted by Crippen LogP contribution is 2.26. The average molecular weight is 380 g/mol. The van der Waals surface area contributed by atoms with Crippen LogP contribution in [0.3, 0.4) is 0 Å². The fraction of sp³-hybridized carbons (Fsp3) is 0.412. The van der Waals surface area contributed by atoms with Crippen LogP contribution in [0.2, 0.25) is 0 Å². The van der Waals surface area contributed by atoms with Crippen LogP contribution in [0.4, 0.5) is 5.13 Å². The Morgan fingerprint density at radius 1 is 1.28 bits per heavy atom. The van der Waals surface area contributed by atoms with E-state index < -0.39 is 0 Å². The molecule has 0 unspecified atom stereocenters. The van der Waals surface area contributed by atoms with Crippen LogP contribution in [0, 0.1) is 0 Å². The molecule has 0 atom stereocenters. The normalized spacial score (nSPS) is 10.5. The molecule has 0 aliphatic heterocycles. The van der Waals surface area contributed by atoms with Crippen molar-refractivity contribution in [3.05, 3.63) is 29.8 Å². The predicted octanol–water partition coefficient (Wildman–Crippen LogP) is 4.04. The number of anilines is 1. The van der Waals surface area contributed by atoms with Crippen LogP contribution in [0.5, 0.6) is 5.75 Å². The number of Topliss-reactive ketones (excluding diaryl/α,β-unsaturated/α-hetero) is 1. The molecule has 0 aliphatic carbocycles. The topological polar surface area (TPSA) is 81.2 Å². The van der Waals surface area contributed by atoms with E-state index in [1.165, 1.54) is 23.1 Å². The first-order valence-electron chi connectivity index (χ1n) is 8.05. The number of nitrogens with one attached hydrogen (secondary N) is 1. The van der Waals surface area contributed by atoms with Crippen molar-refractivity contribution < 1.29 is 14.3 Å². The summed E-state index contributed by atoms with van der Waals surface area (Å²) < 4.78 is 5.78. The zero-order valence-corrected chi connectivity index (χ0v) is 15.9. The van der Waals surface area contributed by atoms with Crippen molar-refractivity contribution in [2.45, 2.75) is 36.9 Å². The van der Waals surface area contributed by atoms with Crippen molar-refractivity contribution in [1.82, 2.24) is 10.2 Å². The Kier molecular flexibility index (Phi) is 7.87. The van der Waals surface area contributed by atoms with E-state index in [9.17, 15) is 9.59 Å². The molecule has 0 aliphatic rings. The molecular weight excluding hydrogens is 358 g/mol. The van der Waals surface area contributed by atoms with Gasteiger partial charge >= 0.3 is 0 Å². The Hall–Kier alpha value is -1.93. The summed E-state index contributed by atoms with van der Waals surface area (Å²) in [6, 6.07) is 7.05. The van der Waals surface area contributed by atoms with Crippen LogP contribution in [-0.4, -0.2) is 34.8 Å². The fourth-order valence-electron chi connectivity index (χ4n) is 2.04. The summed E-state index contributed by atoms with van der Waals surface area (Å²) in [6.45, 7) is 2.10. The van der Waals surface area contributed by atoms with E-state index in [2.05, 4.69) is 22.4 Å². The summed E-state index contributed by atoms with van der Waals surface area (Å²) >= 11 is 2.59. The molecule has 1 N–H and O–H groups in total. The van der Waals surface area contributed by atoms with E-state index >= 15 is 0 Å². The number of rotatable bonds is 10. The van der Waals surface area contributed by atoms with Gasteiger partial charge in [-0.25, -0.2) is 0 Å².